The average molecular weight is 584 g/mol. The van der Waals surface area contributed by atoms with Crippen LogP contribution in [0.15, 0.2) is 72.8 Å². The molecule has 214 valence electrons. The number of halogens is 10. The molecule has 4 aromatic carbocycles. The molecular weight excluding hydrogens is 566 g/mol. The van der Waals surface area contributed by atoms with E-state index < -0.39 is 70.0 Å². The standard InChI is InChI=1S/C30H18F10O/c1-2-3-15-4-6-19(21(31)8-15)16-5-7-20(22(32)9-16)17-10-23(33)28(24(34)11-17)18-12-25(35)29(26(36)13-18)41-30(39,40)14-27(37)38/h4-14H,2-3H2,1H3. The molecule has 0 aliphatic rings. The maximum Gasteiger partial charge on any atom is 0.425 e. The quantitative estimate of drug-likeness (QED) is 0.187. The molecule has 0 atom stereocenters. The van der Waals surface area contributed by atoms with Gasteiger partial charge in [0.2, 0.25) is 0 Å². The zero-order valence-electron chi connectivity index (χ0n) is 21.0. The van der Waals surface area contributed by atoms with E-state index in [1.54, 1.807) is 6.07 Å². The van der Waals surface area contributed by atoms with Crippen molar-refractivity contribution in [3.05, 3.63) is 113 Å². The molecule has 0 saturated carbocycles. The molecule has 0 bridgehead atoms. The summed E-state index contributed by atoms with van der Waals surface area (Å²) in [5, 5.41) is 0. The van der Waals surface area contributed by atoms with E-state index in [2.05, 4.69) is 4.74 Å². The van der Waals surface area contributed by atoms with Gasteiger partial charge in [-0.05, 0) is 65.1 Å². The van der Waals surface area contributed by atoms with E-state index >= 15 is 4.39 Å². The van der Waals surface area contributed by atoms with Gasteiger partial charge in [-0.1, -0.05) is 37.6 Å². The van der Waals surface area contributed by atoms with E-state index in [1.807, 2.05) is 6.92 Å². The molecule has 0 aliphatic carbocycles. The van der Waals surface area contributed by atoms with Crippen LogP contribution < -0.4 is 4.74 Å². The van der Waals surface area contributed by atoms with Crippen molar-refractivity contribution >= 4 is 0 Å². The van der Waals surface area contributed by atoms with E-state index in [0.717, 1.165) is 18.1 Å². The lowest BCUT2D eigenvalue weighted by atomic mass is 9.95. The van der Waals surface area contributed by atoms with Crippen LogP contribution in [0.1, 0.15) is 18.9 Å². The zero-order chi connectivity index (χ0) is 30.1. The maximum absolute atomic E-state index is 15.0. The van der Waals surface area contributed by atoms with Gasteiger partial charge in [0, 0.05) is 11.1 Å². The van der Waals surface area contributed by atoms with E-state index in [1.165, 1.54) is 24.3 Å². The summed E-state index contributed by atoms with van der Waals surface area (Å²) in [6.45, 7) is 1.93. The van der Waals surface area contributed by atoms with Gasteiger partial charge < -0.3 is 4.74 Å². The first-order chi connectivity index (χ1) is 19.3. The van der Waals surface area contributed by atoms with Gasteiger partial charge >= 0.3 is 6.11 Å². The topological polar surface area (TPSA) is 9.23 Å². The monoisotopic (exact) mass is 584 g/mol. The lowest BCUT2D eigenvalue weighted by Gasteiger charge is -2.16. The molecular formula is C30H18F10O. The molecule has 0 amide bonds. The Kier molecular flexibility index (Phi) is 8.46. The molecule has 4 rings (SSSR count). The van der Waals surface area contributed by atoms with Gasteiger partial charge in [0.25, 0.3) is 6.08 Å². The van der Waals surface area contributed by atoms with Crippen molar-refractivity contribution in [2.45, 2.75) is 25.9 Å². The molecule has 11 heteroatoms. The van der Waals surface area contributed by atoms with Crippen molar-refractivity contribution in [2.24, 2.45) is 0 Å². The normalized spacial score (nSPS) is 11.5. The van der Waals surface area contributed by atoms with Gasteiger partial charge in [0.05, 0.1) is 11.6 Å². The molecule has 0 saturated heterocycles. The molecule has 0 heterocycles. The fourth-order valence-corrected chi connectivity index (χ4v) is 4.25. The van der Waals surface area contributed by atoms with Gasteiger partial charge in [0.1, 0.15) is 23.3 Å². The molecule has 0 spiro atoms. The summed E-state index contributed by atoms with van der Waals surface area (Å²) >= 11 is 0. The van der Waals surface area contributed by atoms with Crippen LogP contribution in [0.4, 0.5) is 43.9 Å². The molecule has 0 radical (unpaired) electrons. The second kappa shape index (κ2) is 11.7. The Labute approximate surface area is 227 Å². The second-order valence-electron chi connectivity index (χ2n) is 8.94. The Morgan fingerprint density at radius 2 is 1.17 bits per heavy atom. The largest absolute Gasteiger partial charge is 0.425 e. The number of alkyl halides is 2. The maximum atomic E-state index is 15.0. The van der Waals surface area contributed by atoms with Crippen molar-refractivity contribution in [2.75, 3.05) is 0 Å². The van der Waals surface area contributed by atoms with Gasteiger partial charge in [-0.15, -0.1) is 0 Å². The highest BCUT2D eigenvalue weighted by atomic mass is 19.3. The van der Waals surface area contributed by atoms with Gasteiger partial charge in [-0.2, -0.15) is 17.6 Å². The first-order valence-electron chi connectivity index (χ1n) is 12.0. The van der Waals surface area contributed by atoms with Gasteiger partial charge in [0.15, 0.2) is 17.4 Å². The Hall–Kier alpha value is -4.28. The number of rotatable bonds is 8. The summed E-state index contributed by atoms with van der Waals surface area (Å²) in [5.41, 5.74) is -1.27. The number of hydrogen-bond donors (Lipinski definition) is 0. The SMILES string of the molecule is CCCc1ccc(-c2ccc(-c3cc(F)c(-c4cc(F)c(OC(F)(F)C=C(F)F)c(F)c4)c(F)c3)c(F)c2)c(F)c1. The van der Waals surface area contributed by atoms with Gasteiger partial charge in [-0.25, -0.2) is 26.3 Å². The van der Waals surface area contributed by atoms with Crippen molar-refractivity contribution in [1.29, 1.82) is 0 Å². The number of hydrogen-bond acceptors (Lipinski definition) is 1. The Bertz CT molecular complexity index is 1590. The van der Waals surface area contributed by atoms with Crippen LogP contribution >= 0.6 is 0 Å². The molecule has 41 heavy (non-hydrogen) atoms. The third kappa shape index (κ3) is 6.55. The molecule has 1 nitrogen and oxygen atoms in total. The average Bonchev–Trinajstić information content (AvgIpc) is 2.85. The first-order valence-corrected chi connectivity index (χ1v) is 12.0. The number of aryl methyl sites for hydroxylation is 1. The first kappa shape index (κ1) is 29.7. The predicted octanol–water partition coefficient (Wildman–Crippen LogP) is 10.2. The highest BCUT2D eigenvalue weighted by molar-refractivity contribution is 5.75. The number of benzene rings is 4. The van der Waals surface area contributed by atoms with E-state index in [4.69, 9.17) is 0 Å². The van der Waals surface area contributed by atoms with Crippen molar-refractivity contribution in [3.63, 3.8) is 0 Å². The summed E-state index contributed by atoms with van der Waals surface area (Å²) in [6.07, 6.45) is -7.19. The molecule has 4 aromatic rings. The fourth-order valence-electron chi connectivity index (χ4n) is 4.25. The summed E-state index contributed by atoms with van der Waals surface area (Å²) in [4.78, 5) is 0. The van der Waals surface area contributed by atoms with Crippen LogP contribution in [0.3, 0.4) is 0 Å². The van der Waals surface area contributed by atoms with Crippen molar-refractivity contribution in [3.8, 4) is 39.1 Å². The molecule has 0 N–H and O–H groups in total. The number of ether oxygens (including phenoxy) is 1. The third-order valence-electron chi connectivity index (χ3n) is 6.01. The Morgan fingerprint density at radius 3 is 1.71 bits per heavy atom. The summed E-state index contributed by atoms with van der Waals surface area (Å²) in [7, 11) is 0. The Morgan fingerprint density at radius 1 is 0.659 bits per heavy atom. The van der Waals surface area contributed by atoms with Gasteiger partial charge in [-0.3, -0.25) is 0 Å². The lowest BCUT2D eigenvalue weighted by Crippen LogP contribution is -2.23. The van der Waals surface area contributed by atoms with Crippen LogP contribution in [0.25, 0.3) is 33.4 Å². The molecule has 0 unspecified atom stereocenters. The van der Waals surface area contributed by atoms with Crippen LogP contribution in [0.2, 0.25) is 0 Å². The third-order valence-corrected chi connectivity index (χ3v) is 6.01. The predicted molar refractivity (Wildman–Crippen MR) is 132 cm³/mol. The highest BCUT2D eigenvalue weighted by Gasteiger charge is 2.33. The van der Waals surface area contributed by atoms with Crippen LogP contribution in [-0.2, 0) is 6.42 Å². The minimum atomic E-state index is -4.79. The zero-order valence-corrected chi connectivity index (χ0v) is 21.0. The van der Waals surface area contributed by atoms with E-state index in [9.17, 15) is 39.5 Å². The van der Waals surface area contributed by atoms with Crippen LogP contribution in [0, 0.1) is 34.9 Å². The Balaban J connectivity index is 1.67. The molecule has 0 fully saturated rings. The van der Waals surface area contributed by atoms with E-state index in [0.29, 0.717) is 18.6 Å². The molecule has 0 aliphatic heterocycles. The summed E-state index contributed by atoms with van der Waals surface area (Å²) < 4.78 is 143. The van der Waals surface area contributed by atoms with E-state index in [-0.39, 0.29) is 34.4 Å². The van der Waals surface area contributed by atoms with Crippen molar-refractivity contribution in [1.82, 2.24) is 0 Å². The van der Waals surface area contributed by atoms with Crippen LogP contribution in [-0.4, -0.2) is 6.11 Å². The second-order valence-corrected chi connectivity index (χ2v) is 8.94. The minimum Gasteiger partial charge on any atom is -0.423 e. The van der Waals surface area contributed by atoms with Crippen LogP contribution in [0.5, 0.6) is 5.75 Å². The smallest absolute Gasteiger partial charge is 0.423 e. The molecule has 0 aromatic heterocycles. The summed E-state index contributed by atoms with van der Waals surface area (Å²) in [6, 6.07) is 9.94. The minimum absolute atomic E-state index is 0.114. The highest BCUT2D eigenvalue weighted by Crippen LogP contribution is 2.37. The fraction of sp³-hybridized carbons (Fsp3) is 0.133. The lowest BCUT2D eigenvalue weighted by molar-refractivity contribution is -0.137. The summed E-state index contributed by atoms with van der Waals surface area (Å²) in [5.74, 6) is -9.76. The van der Waals surface area contributed by atoms with Crippen molar-refractivity contribution < 1.29 is 48.6 Å².